The minimum absolute atomic E-state index is 0.00364. The van der Waals surface area contributed by atoms with Gasteiger partial charge in [0.25, 0.3) is 5.91 Å². The lowest BCUT2D eigenvalue weighted by Gasteiger charge is -2.50. The zero-order valence-electron chi connectivity index (χ0n) is 14.5. The number of carbonyl (C=O) groups excluding carboxylic acids is 1. The molecule has 1 spiro atoms. The van der Waals surface area contributed by atoms with Crippen LogP contribution in [-0.4, -0.2) is 60.1 Å². The second-order valence-corrected chi connectivity index (χ2v) is 7.83. The molecule has 2 atom stereocenters. The molecule has 3 rings (SSSR count). The molecule has 2 aliphatic rings. The summed E-state index contributed by atoms with van der Waals surface area (Å²) in [5, 5.41) is 10.5. The van der Waals surface area contributed by atoms with Crippen molar-refractivity contribution in [3.05, 3.63) is 34.3 Å². The molecule has 0 aromatic heterocycles. The number of halogens is 4. The summed E-state index contributed by atoms with van der Waals surface area (Å²) in [6.07, 6.45) is -2.94. The molecule has 2 heterocycles. The fraction of sp³-hybridized carbons (Fsp3) is 0.611. The van der Waals surface area contributed by atoms with E-state index >= 15 is 0 Å². The maximum atomic E-state index is 13.0. The largest absolute Gasteiger partial charge is 0.416 e. The van der Waals surface area contributed by atoms with Crippen molar-refractivity contribution in [1.29, 1.82) is 0 Å². The van der Waals surface area contributed by atoms with Gasteiger partial charge in [0.15, 0.2) is 0 Å². The first-order valence-electron chi connectivity index (χ1n) is 8.65. The molecule has 1 N–H and O–H groups in total. The van der Waals surface area contributed by atoms with E-state index in [4.69, 9.17) is 11.6 Å². The van der Waals surface area contributed by atoms with Gasteiger partial charge >= 0.3 is 6.18 Å². The van der Waals surface area contributed by atoms with E-state index in [0.717, 1.165) is 31.2 Å². The molecule has 0 radical (unpaired) electrons. The van der Waals surface area contributed by atoms with E-state index < -0.39 is 29.2 Å². The average Bonchev–Trinajstić information content (AvgIpc) is 2.57. The van der Waals surface area contributed by atoms with Gasteiger partial charge in [0.1, 0.15) is 0 Å². The first-order chi connectivity index (χ1) is 12.1. The van der Waals surface area contributed by atoms with Gasteiger partial charge in [0.2, 0.25) is 0 Å². The highest BCUT2D eigenvalue weighted by molar-refractivity contribution is 6.33. The summed E-state index contributed by atoms with van der Waals surface area (Å²) in [6.45, 7) is 2.22. The molecule has 1 amide bonds. The Balaban J connectivity index is 1.86. The molecule has 0 saturated carbocycles. The van der Waals surface area contributed by atoms with E-state index in [9.17, 15) is 23.1 Å². The molecule has 1 aromatic rings. The van der Waals surface area contributed by atoms with Crippen LogP contribution in [-0.2, 0) is 6.18 Å². The minimum atomic E-state index is -4.54. The number of likely N-dealkylation sites (tertiary alicyclic amines) is 2. The number of alkyl halides is 3. The van der Waals surface area contributed by atoms with Gasteiger partial charge in [-0.15, -0.1) is 0 Å². The van der Waals surface area contributed by atoms with Gasteiger partial charge in [-0.25, -0.2) is 0 Å². The molecule has 144 valence electrons. The Morgan fingerprint density at radius 1 is 1.31 bits per heavy atom. The summed E-state index contributed by atoms with van der Waals surface area (Å²) < 4.78 is 38.9. The van der Waals surface area contributed by atoms with Gasteiger partial charge < -0.3 is 14.9 Å². The van der Waals surface area contributed by atoms with Crippen LogP contribution < -0.4 is 0 Å². The third kappa shape index (κ3) is 3.70. The number of nitrogens with zero attached hydrogens (tertiary/aromatic N) is 2. The lowest BCUT2D eigenvalue weighted by Crippen LogP contribution is -2.59. The first-order valence-corrected chi connectivity index (χ1v) is 9.03. The minimum Gasteiger partial charge on any atom is -0.392 e. The van der Waals surface area contributed by atoms with Crippen LogP contribution in [0.15, 0.2) is 18.2 Å². The number of carbonyl (C=O) groups is 1. The summed E-state index contributed by atoms with van der Waals surface area (Å²) in [5.74, 6) is -0.513. The quantitative estimate of drug-likeness (QED) is 0.800. The summed E-state index contributed by atoms with van der Waals surface area (Å²) in [4.78, 5) is 16.6. The number of aliphatic hydroxyl groups is 1. The molecular weight excluding hydrogens is 369 g/mol. The fourth-order valence-electron chi connectivity index (χ4n) is 4.14. The number of aliphatic hydroxyl groups excluding tert-OH is 1. The van der Waals surface area contributed by atoms with Crippen molar-refractivity contribution in [2.75, 3.05) is 33.2 Å². The lowest BCUT2D eigenvalue weighted by atomic mass is 9.71. The second-order valence-electron chi connectivity index (χ2n) is 7.43. The van der Waals surface area contributed by atoms with Crippen LogP contribution in [0.4, 0.5) is 13.2 Å². The van der Waals surface area contributed by atoms with Crippen molar-refractivity contribution in [2.24, 2.45) is 5.41 Å². The third-order valence-corrected chi connectivity index (χ3v) is 5.83. The molecule has 1 aromatic carbocycles. The summed E-state index contributed by atoms with van der Waals surface area (Å²) in [7, 11) is 1.97. The van der Waals surface area contributed by atoms with Gasteiger partial charge in [-0.1, -0.05) is 11.6 Å². The Bertz CT molecular complexity index is 698. The fourth-order valence-corrected chi connectivity index (χ4v) is 4.34. The topological polar surface area (TPSA) is 43.8 Å². The Hall–Kier alpha value is -1.31. The maximum absolute atomic E-state index is 13.0. The van der Waals surface area contributed by atoms with E-state index in [1.54, 1.807) is 0 Å². The number of piperidine rings is 2. The van der Waals surface area contributed by atoms with E-state index in [0.29, 0.717) is 32.5 Å². The summed E-state index contributed by atoms with van der Waals surface area (Å²) in [6, 6.07) is 2.80. The second kappa shape index (κ2) is 7.02. The van der Waals surface area contributed by atoms with Crippen LogP contribution in [0.5, 0.6) is 0 Å². The SMILES string of the molecule is CN1CC[C@H](O)[C@@]2(CCCN(C(=O)c3cc(C(F)(F)F)ccc3Cl)C2)C1. The lowest BCUT2D eigenvalue weighted by molar-refractivity contribution is -0.137. The Kier molecular flexibility index (Phi) is 5.25. The van der Waals surface area contributed by atoms with Crippen molar-refractivity contribution in [2.45, 2.75) is 31.5 Å². The molecule has 2 saturated heterocycles. The molecular formula is C18H22ClF3N2O2. The molecule has 26 heavy (non-hydrogen) atoms. The normalized spacial score (nSPS) is 27.8. The highest BCUT2D eigenvalue weighted by Gasteiger charge is 2.46. The number of rotatable bonds is 1. The zero-order valence-corrected chi connectivity index (χ0v) is 15.3. The van der Waals surface area contributed by atoms with Crippen LogP contribution in [0, 0.1) is 5.41 Å². The highest BCUT2D eigenvalue weighted by Crippen LogP contribution is 2.39. The highest BCUT2D eigenvalue weighted by atomic mass is 35.5. The molecule has 4 nitrogen and oxygen atoms in total. The first kappa shape index (κ1) is 19.5. The van der Waals surface area contributed by atoms with Gasteiger partial charge in [0, 0.05) is 31.6 Å². The smallest absolute Gasteiger partial charge is 0.392 e. The standard InChI is InChI=1S/C18H22ClF3N2O2/c1-23-8-5-15(25)17(10-23)6-2-7-24(11-17)16(26)13-9-12(18(20,21)22)3-4-14(13)19/h3-4,9,15,25H,2,5-8,10-11H2,1H3/t15-,17-/m0/s1. The predicted molar refractivity (Wildman–Crippen MR) is 92.1 cm³/mol. The Morgan fingerprint density at radius 3 is 2.73 bits per heavy atom. The van der Waals surface area contributed by atoms with Crippen LogP contribution in [0.3, 0.4) is 0 Å². The number of benzene rings is 1. The molecule has 0 bridgehead atoms. The Labute approximate surface area is 155 Å². The summed E-state index contributed by atoms with van der Waals surface area (Å²) >= 11 is 6.02. The van der Waals surface area contributed by atoms with Crippen molar-refractivity contribution >= 4 is 17.5 Å². The van der Waals surface area contributed by atoms with Gasteiger partial charge in [-0.05, 0) is 44.5 Å². The molecule has 2 fully saturated rings. The number of amides is 1. The van der Waals surface area contributed by atoms with Crippen LogP contribution in [0.1, 0.15) is 35.2 Å². The number of hydrogen-bond acceptors (Lipinski definition) is 3. The van der Waals surface area contributed by atoms with Gasteiger partial charge in [-0.3, -0.25) is 4.79 Å². The zero-order chi connectivity index (χ0) is 19.1. The van der Waals surface area contributed by atoms with Crippen molar-refractivity contribution in [1.82, 2.24) is 9.80 Å². The van der Waals surface area contributed by atoms with E-state index in [1.807, 2.05) is 7.05 Å². The Morgan fingerprint density at radius 2 is 2.04 bits per heavy atom. The van der Waals surface area contributed by atoms with Gasteiger partial charge in [-0.2, -0.15) is 13.2 Å². The van der Waals surface area contributed by atoms with Crippen molar-refractivity contribution in [3.63, 3.8) is 0 Å². The average molecular weight is 391 g/mol. The van der Waals surface area contributed by atoms with E-state index in [-0.39, 0.29) is 10.6 Å². The molecule has 8 heteroatoms. The van der Waals surface area contributed by atoms with Gasteiger partial charge in [0.05, 0.1) is 22.3 Å². The summed E-state index contributed by atoms with van der Waals surface area (Å²) in [5.41, 5.74) is -1.47. The third-order valence-electron chi connectivity index (χ3n) is 5.50. The predicted octanol–water partition coefficient (Wildman–Crippen LogP) is 3.28. The maximum Gasteiger partial charge on any atom is 0.416 e. The van der Waals surface area contributed by atoms with E-state index in [1.165, 1.54) is 4.90 Å². The number of hydrogen-bond donors (Lipinski definition) is 1. The van der Waals surface area contributed by atoms with Crippen LogP contribution in [0.2, 0.25) is 5.02 Å². The molecule has 0 unspecified atom stereocenters. The molecule has 0 aliphatic carbocycles. The van der Waals surface area contributed by atoms with Crippen molar-refractivity contribution < 1.29 is 23.1 Å². The van der Waals surface area contributed by atoms with Crippen LogP contribution in [0.25, 0.3) is 0 Å². The monoisotopic (exact) mass is 390 g/mol. The van der Waals surface area contributed by atoms with Crippen LogP contribution >= 0.6 is 11.6 Å². The van der Waals surface area contributed by atoms with E-state index in [2.05, 4.69) is 4.90 Å². The van der Waals surface area contributed by atoms with Crippen molar-refractivity contribution in [3.8, 4) is 0 Å². The molecule has 2 aliphatic heterocycles.